The molecule has 7 nitrogen and oxygen atoms in total. The molecule has 3 rings (SSSR count). The van der Waals surface area contributed by atoms with Crippen molar-refractivity contribution in [3.63, 3.8) is 0 Å². The summed E-state index contributed by atoms with van der Waals surface area (Å²) in [5, 5.41) is 4.32. The molecule has 0 amide bonds. The zero-order chi connectivity index (χ0) is 15.6. The number of hydrogen-bond acceptors (Lipinski definition) is 5. The van der Waals surface area contributed by atoms with Crippen molar-refractivity contribution < 1.29 is 8.42 Å². The molecule has 22 heavy (non-hydrogen) atoms. The zero-order valence-electron chi connectivity index (χ0n) is 12.4. The molecule has 1 N–H and O–H groups in total. The molecule has 2 aromatic heterocycles. The van der Waals surface area contributed by atoms with Gasteiger partial charge in [0.2, 0.25) is 0 Å². The van der Waals surface area contributed by atoms with Gasteiger partial charge in [-0.15, -0.1) is 0 Å². The van der Waals surface area contributed by atoms with Gasteiger partial charge >= 0.3 is 0 Å². The molecule has 118 valence electrons. The lowest BCUT2D eigenvalue weighted by Gasteiger charge is -2.25. The first-order valence-corrected chi connectivity index (χ1v) is 8.92. The second-order valence-electron chi connectivity index (χ2n) is 5.50. The first-order chi connectivity index (χ1) is 10.6. The number of anilines is 1. The average Bonchev–Trinajstić information content (AvgIpc) is 2.92. The number of nitrogens with zero attached hydrogens (tertiary/aromatic N) is 4. The second kappa shape index (κ2) is 6.04. The van der Waals surface area contributed by atoms with E-state index in [1.54, 1.807) is 4.68 Å². The van der Waals surface area contributed by atoms with Crippen molar-refractivity contribution in [3.8, 4) is 0 Å². The summed E-state index contributed by atoms with van der Waals surface area (Å²) >= 11 is 0. The third-order valence-corrected chi connectivity index (χ3v) is 5.28. The summed E-state index contributed by atoms with van der Waals surface area (Å²) in [6.07, 6.45) is 8.68. The van der Waals surface area contributed by atoms with Gasteiger partial charge in [0.25, 0.3) is 10.0 Å². The highest BCUT2D eigenvalue weighted by molar-refractivity contribution is 7.92. The van der Waals surface area contributed by atoms with Crippen molar-refractivity contribution >= 4 is 15.7 Å². The Kier molecular flexibility index (Phi) is 4.10. The van der Waals surface area contributed by atoms with E-state index >= 15 is 0 Å². The smallest absolute Gasteiger partial charge is 0.275 e. The molecular weight excluding hydrogens is 302 g/mol. The van der Waals surface area contributed by atoms with E-state index in [1.807, 2.05) is 6.92 Å². The highest BCUT2D eigenvalue weighted by Crippen LogP contribution is 2.28. The Balaban J connectivity index is 1.78. The molecule has 0 radical (unpaired) electrons. The van der Waals surface area contributed by atoms with Crippen LogP contribution in [0.4, 0.5) is 5.69 Å². The van der Waals surface area contributed by atoms with E-state index in [1.165, 1.54) is 31.1 Å². The standard InChI is InChI=1S/C14H19N5O2S/c1-2-13-15-8-12(9-16-13)18-22(20,21)14-6-7-17-19(14)10-11-4-3-5-11/h6-9,11,18H,2-5,10H2,1H3. The molecule has 0 aromatic carbocycles. The number of hydrogen-bond donors (Lipinski definition) is 1. The lowest BCUT2D eigenvalue weighted by molar-refractivity contribution is 0.258. The molecule has 0 unspecified atom stereocenters. The van der Waals surface area contributed by atoms with Gasteiger partial charge in [0.05, 0.1) is 24.3 Å². The van der Waals surface area contributed by atoms with Crippen molar-refractivity contribution in [2.24, 2.45) is 5.92 Å². The summed E-state index contributed by atoms with van der Waals surface area (Å²) in [6, 6.07) is 1.52. The fourth-order valence-corrected chi connectivity index (χ4v) is 3.56. The first-order valence-electron chi connectivity index (χ1n) is 7.44. The molecule has 8 heteroatoms. The summed E-state index contributed by atoms with van der Waals surface area (Å²) in [5.41, 5.74) is 0.355. The van der Waals surface area contributed by atoms with Crippen LogP contribution in [-0.2, 0) is 23.0 Å². The van der Waals surface area contributed by atoms with Gasteiger partial charge in [-0.25, -0.2) is 9.97 Å². The van der Waals surface area contributed by atoms with Crippen LogP contribution in [0, 0.1) is 5.92 Å². The van der Waals surface area contributed by atoms with Crippen LogP contribution in [0.5, 0.6) is 0 Å². The molecule has 0 bridgehead atoms. The quantitative estimate of drug-likeness (QED) is 0.876. The SMILES string of the molecule is CCc1ncc(NS(=O)(=O)c2ccnn2CC2CCC2)cn1. The van der Waals surface area contributed by atoms with Gasteiger partial charge in [-0.2, -0.15) is 13.5 Å². The predicted octanol–water partition coefficient (Wildman–Crippen LogP) is 1.84. The van der Waals surface area contributed by atoms with Crippen LogP contribution in [-0.4, -0.2) is 28.2 Å². The zero-order valence-corrected chi connectivity index (χ0v) is 13.3. The maximum atomic E-state index is 12.5. The largest absolute Gasteiger partial charge is 0.279 e. The minimum absolute atomic E-state index is 0.180. The minimum Gasteiger partial charge on any atom is -0.275 e. The maximum absolute atomic E-state index is 12.5. The van der Waals surface area contributed by atoms with Crippen LogP contribution in [0.2, 0.25) is 0 Å². The van der Waals surface area contributed by atoms with Crippen LogP contribution >= 0.6 is 0 Å². The van der Waals surface area contributed by atoms with Crippen LogP contribution in [0.1, 0.15) is 32.0 Å². The Morgan fingerprint density at radius 1 is 1.32 bits per heavy atom. The molecule has 0 atom stereocenters. The Morgan fingerprint density at radius 2 is 2.05 bits per heavy atom. The molecule has 1 fully saturated rings. The summed E-state index contributed by atoms with van der Waals surface area (Å²) in [5.74, 6) is 1.21. The van der Waals surface area contributed by atoms with Gasteiger partial charge in [0.15, 0.2) is 5.03 Å². The second-order valence-corrected chi connectivity index (χ2v) is 7.12. The van der Waals surface area contributed by atoms with E-state index in [4.69, 9.17) is 0 Å². The van der Waals surface area contributed by atoms with Gasteiger partial charge in [-0.3, -0.25) is 9.40 Å². The summed E-state index contributed by atoms with van der Waals surface area (Å²) in [7, 11) is -3.68. The Bertz CT molecular complexity index is 735. The monoisotopic (exact) mass is 321 g/mol. The fourth-order valence-electron chi connectivity index (χ4n) is 2.40. The van der Waals surface area contributed by atoms with Crippen molar-refractivity contribution in [2.45, 2.75) is 44.2 Å². The molecule has 0 aliphatic heterocycles. The average molecular weight is 321 g/mol. The van der Waals surface area contributed by atoms with Gasteiger partial charge in [-0.1, -0.05) is 13.3 Å². The molecule has 1 aliphatic carbocycles. The van der Waals surface area contributed by atoms with Gasteiger partial charge < -0.3 is 0 Å². The molecular formula is C14H19N5O2S. The number of aryl methyl sites for hydroxylation is 1. The molecule has 0 saturated heterocycles. The molecule has 0 spiro atoms. The first kappa shape index (κ1) is 15.0. The number of sulfonamides is 1. The van der Waals surface area contributed by atoms with E-state index in [2.05, 4.69) is 19.8 Å². The summed E-state index contributed by atoms with van der Waals surface area (Å²) < 4.78 is 29.1. The van der Waals surface area contributed by atoms with E-state index in [0.717, 1.165) is 12.8 Å². The van der Waals surface area contributed by atoms with Crippen molar-refractivity contribution in [1.82, 2.24) is 19.7 Å². The fraction of sp³-hybridized carbons (Fsp3) is 0.500. The normalized spacial score (nSPS) is 15.5. The van der Waals surface area contributed by atoms with Crippen molar-refractivity contribution in [1.29, 1.82) is 0 Å². The minimum atomic E-state index is -3.68. The summed E-state index contributed by atoms with van der Waals surface area (Å²) in [4.78, 5) is 8.19. The van der Waals surface area contributed by atoms with Crippen molar-refractivity contribution in [2.75, 3.05) is 4.72 Å². The van der Waals surface area contributed by atoms with Crippen LogP contribution in [0.3, 0.4) is 0 Å². The van der Waals surface area contributed by atoms with Gasteiger partial charge in [0.1, 0.15) is 5.82 Å². The lowest BCUT2D eigenvalue weighted by atomic mass is 9.85. The lowest BCUT2D eigenvalue weighted by Crippen LogP contribution is -2.23. The van der Waals surface area contributed by atoms with E-state index in [9.17, 15) is 8.42 Å². The Hall–Kier alpha value is -1.96. The highest BCUT2D eigenvalue weighted by atomic mass is 32.2. The van der Waals surface area contributed by atoms with E-state index in [0.29, 0.717) is 30.4 Å². The maximum Gasteiger partial charge on any atom is 0.279 e. The molecule has 2 aromatic rings. The number of rotatable bonds is 6. The van der Waals surface area contributed by atoms with E-state index < -0.39 is 10.0 Å². The van der Waals surface area contributed by atoms with Gasteiger partial charge in [-0.05, 0) is 24.8 Å². The Labute approximate surface area is 129 Å². The topological polar surface area (TPSA) is 89.8 Å². The van der Waals surface area contributed by atoms with Crippen LogP contribution < -0.4 is 4.72 Å². The molecule has 1 saturated carbocycles. The number of aromatic nitrogens is 4. The molecule has 1 aliphatic rings. The van der Waals surface area contributed by atoms with Gasteiger partial charge in [0, 0.05) is 13.0 Å². The predicted molar refractivity (Wildman–Crippen MR) is 81.8 cm³/mol. The Morgan fingerprint density at radius 3 is 2.64 bits per heavy atom. The molecule has 2 heterocycles. The third-order valence-electron chi connectivity index (χ3n) is 3.88. The highest BCUT2D eigenvalue weighted by Gasteiger charge is 2.24. The van der Waals surface area contributed by atoms with Crippen molar-refractivity contribution in [3.05, 3.63) is 30.5 Å². The van der Waals surface area contributed by atoms with Crippen LogP contribution in [0.15, 0.2) is 29.7 Å². The van der Waals surface area contributed by atoms with Crippen LogP contribution in [0.25, 0.3) is 0 Å². The third kappa shape index (κ3) is 3.11. The number of nitrogens with one attached hydrogen (secondary N) is 1. The summed E-state index contributed by atoms with van der Waals surface area (Å²) in [6.45, 7) is 2.59. The van der Waals surface area contributed by atoms with E-state index in [-0.39, 0.29) is 5.03 Å².